The van der Waals surface area contributed by atoms with Crippen molar-refractivity contribution >= 4 is 0 Å². The summed E-state index contributed by atoms with van der Waals surface area (Å²) in [5, 5.41) is 95.1. The molecule has 3 aliphatic heterocycles. The van der Waals surface area contributed by atoms with E-state index in [9.17, 15) is 46.0 Å². The van der Waals surface area contributed by atoms with E-state index in [1.165, 1.54) is 42.5 Å². The van der Waals surface area contributed by atoms with Crippen molar-refractivity contribution in [2.75, 3.05) is 0 Å². The predicted molar refractivity (Wildman–Crippen MR) is 141 cm³/mol. The third-order valence-corrected chi connectivity index (χ3v) is 8.03. The lowest BCUT2D eigenvalue weighted by Gasteiger charge is -2.50. The summed E-state index contributed by atoms with van der Waals surface area (Å²) in [6.45, 7) is 0. The Morgan fingerprint density at radius 3 is 2.05 bits per heavy atom. The van der Waals surface area contributed by atoms with E-state index in [1.807, 2.05) is 0 Å². The third-order valence-electron chi connectivity index (χ3n) is 8.03. The second kappa shape index (κ2) is 8.65. The van der Waals surface area contributed by atoms with Gasteiger partial charge in [0.05, 0.1) is 12.0 Å². The van der Waals surface area contributed by atoms with Gasteiger partial charge in [0.25, 0.3) is 0 Å². The molecule has 4 aromatic carbocycles. The summed E-state index contributed by atoms with van der Waals surface area (Å²) in [7, 11) is 0. The van der Waals surface area contributed by atoms with Gasteiger partial charge in [-0.15, -0.1) is 0 Å². The highest BCUT2D eigenvalue weighted by Gasteiger charge is 2.60. The van der Waals surface area contributed by atoms with E-state index in [1.54, 1.807) is 0 Å². The average molecular weight is 577 g/mol. The van der Waals surface area contributed by atoms with Gasteiger partial charge < -0.3 is 60.2 Å². The van der Waals surface area contributed by atoms with Gasteiger partial charge in [-0.05, 0) is 35.9 Å². The zero-order valence-electron chi connectivity index (χ0n) is 21.5. The van der Waals surface area contributed by atoms with Crippen LogP contribution >= 0.6 is 0 Å². The molecule has 0 aliphatic carbocycles. The Bertz CT molecular complexity index is 1790. The van der Waals surface area contributed by atoms with E-state index in [4.69, 9.17) is 14.2 Å². The molecule has 0 amide bonds. The standard InChI is InChI=1S/C30H24O12/c31-13-7-19(36)24-23(8-13)41-30(12-2-4-16(33)18(35)6-12)29(39)26(24)25-20(37)10-22-14(28(25)42-30)9-21(38)27(40-22)11-1-3-15(32)17(34)5-11/h1-8,10,21,26-27,29,31-39H,9H2/t21-,26+,27-,29?,30-/m0/s1. The zero-order valence-corrected chi connectivity index (χ0v) is 21.5. The van der Waals surface area contributed by atoms with Gasteiger partial charge in [0.15, 0.2) is 23.0 Å². The van der Waals surface area contributed by atoms with Crippen LogP contribution in [-0.4, -0.2) is 58.2 Å². The Morgan fingerprint density at radius 1 is 0.643 bits per heavy atom. The third kappa shape index (κ3) is 3.49. The number of benzene rings is 4. The van der Waals surface area contributed by atoms with Crippen LogP contribution < -0.4 is 14.2 Å². The molecule has 216 valence electrons. The maximum absolute atomic E-state index is 11.8. The van der Waals surface area contributed by atoms with Crippen molar-refractivity contribution in [3.05, 3.63) is 82.4 Å². The predicted octanol–water partition coefficient (Wildman–Crippen LogP) is 2.79. The van der Waals surface area contributed by atoms with Crippen molar-refractivity contribution in [1.29, 1.82) is 0 Å². The number of phenolic OH excluding ortho intramolecular Hbond substituents is 7. The van der Waals surface area contributed by atoms with Crippen LogP contribution in [0.4, 0.5) is 0 Å². The van der Waals surface area contributed by atoms with Crippen LogP contribution in [0.3, 0.4) is 0 Å². The molecule has 9 N–H and O–H groups in total. The maximum atomic E-state index is 11.8. The molecule has 7 rings (SSSR count). The Kier molecular flexibility index (Phi) is 5.30. The van der Waals surface area contributed by atoms with Gasteiger partial charge in [-0.1, -0.05) is 6.07 Å². The minimum atomic E-state index is -2.12. The molecule has 2 bridgehead atoms. The summed E-state index contributed by atoms with van der Waals surface area (Å²) >= 11 is 0. The lowest BCUT2D eigenvalue weighted by molar-refractivity contribution is -0.219. The van der Waals surface area contributed by atoms with Gasteiger partial charge in [-0.3, -0.25) is 0 Å². The normalized spacial score (nSPS) is 25.2. The first-order valence-electron chi connectivity index (χ1n) is 12.9. The summed E-state index contributed by atoms with van der Waals surface area (Å²) in [6, 6.07) is 11.2. The van der Waals surface area contributed by atoms with Gasteiger partial charge >= 0.3 is 5.79 Å². The quantitative estimate of drug-likeness (QED) is 0.158. The van der Waals surface area contributed by atoms with Crippen molar-refractivity contribution in [3.8, 4) is 57.5 Å². The first-order valence-corrected chi connectivity index (χ1v) is 12.9. The molecule has 4 aromatic rings. The Hall–Kier alpha value is -5.20. The van der Waals surface area contributed by atoms with Crippen molar-refractivity contribution in [2.45, 2.75) is 36.4 Å². The van der Waals surface area contributed by atoms with Gasteiger partial charge in [0, 0.05) is 46.9 Å². The molecule has 0 saturated carbocycles. The van der Waals surface area contributed by atoms with Gasteiger partial charge in [-0.25, -0.2) is 0 Å². The van der Waals surface area contributed by atoms with E-state index < -0.39 is 53.0 Å². The highest BCUT2D eigenvalue weighted by Crippen LogP contribution is 2.62. The van der Waals surface area contributed by atoms with E-state index >= 15 is 0 Å². The lowest BCUT2D eigenvalue weighted by atomic mass is 9.74. The largest absolute Gasteiger partial charge is 0.508 e. The number of hydrogen-bond donors (Lipinski definition) is 9. The molecule has 3 aliphatic rings. The first kappa shape index (κ1) is 25.7. The number of aliphatic hydroxyl groups excluding tert-OH is 2. The molecule has 0 spiro atoms. The average Bonchev–Trinajstić information content (AvgIpc) is 2.92. The second-order valence-electron chi connectivity index (χ2n) is 10.5. The molecule has 5 atom stereocenters. The molecule has 0 saturated heterocycles. The molecule has 0 fully saturated rings. The molecule has 1 unspecified atom stereocenters. The maximum Gasteiger partial charge on any atom is 0.305 e. The number of phenols is 7. The van der Waals surface area contributed by atoms with E-state index in [2.05, 4.69) is 0 Å². The van der Waals surface area contributed by atoms with Gasteiger partial charge in [-0.2, -0.15) is 0 Å². The Balaban J connectivity index is 1.44. The SMILES string of the molecule is Oc1cc(O)c2c(c1)O[C@@]1(c3ccc(O)c(O)c3)Oc3c4c(cc(O)c3[C@@H]2C1O)O[C@@H](c1ccc(O)c(O)c1)[C@@H](O)C4. The van der Waals surface area contributed by atoms with Crippen LogP contribution in [-0.2, 0) is 12.2 Å². The molecular formula is C30H24O12. The number of aromatic hydroxyl groups is 7. The number of hydrogen-bond acceptors (Lipinski definition) is 12. The van der Waals surface area contributed by atoms with Crippen LogP contribution in [0.1, 0.15) is 39.8 Å². The lowest BCUT2D eigenvalue weighted by Crippen LogP contribution is -2.57. The monoisotopic (exact) mass is 576 g/mol. The topological polar surface area (TPSA) is 210 Å². The minimum Gasteiger partial charge on any atom is -0.508 e. The fourth-order valence-corrected chi connectivity index (χ4v) is 6.09. The van der Waals surface area contributed by atoms with Crippen molar-refractivity contribution in [3.63, 3.8) is 0 Å². The smallest absolute Gasteiger partial charge is 0.305 e. The fourth-order valence-electron chi connectivity index (χ4n) is 6.09. The molecule has 0 radical (unpaired) electrons. The van der Waals surface area contributed by atoms with E-state index in [0.29, 0.717) is 11.1 Å². The van der Waals surface area contributed by atoms with Crippen LogP contribution in [0, 0.1) is 0 Å². The highest BCUT2D eigenvalue weighted by atomic mass is 16.7. The summed E-state index contributed by atoms with van der Waals surface area (Å²) in [5.41, 5.74) is 0.813. The van der Waals surface area contributed by atoms with Crippen LogP contribution in [0.5, 0.6) is 57.5 Å². The zero-order chi connectivity index (χ0) is 29.7. The van der Waals surface area contributed by atoms with Gasteiger partial charge in [0.1, 0.15) is 46.7 Å². The van der Waals surface area contributed by atoms with E-state index in [0.717, 1.165) is 12.1 Å². The summed E-state index contributed by atoms with van der Waals surface area (Å²) in [5.74, 6) is -6.17. The fraction of sp³-hybridized carbons (Fsp3) is 0.200. The Labute approximate surface area is 236 Å². The number of aliphatic hydroxyl groups is 2. The summed E-state index contributed by atoms with van der Waals surface area (Å²) < 4.78 is 18.6. The van der Waals surface area contributed by atoms with Crippen LogP contribution in [0.25, 0.3) is 0 Å². The first-order chi connectivity index (χ1) is 20.0. The molecule has 0 aromatic heterocycles. The van der Waals surface area contributed by atoms with Crippen LogP contribution in [0.2, 0.25) is 0 Å². The van der Waals surface area contributed by atoms with Gasteiger partial charge in [0.2, 0.25) is 0 Å². The molecule has 12 heteroatoms. The molecule has 3 heterocycles. The summed E-state index contributed by atoms with van der Waals surface area (Å²) in [4.78, 5) is 0. The van der Waals surface area contributed by atoms with E-state index in [-0.39, 0.29) is 57.6 Å². The molecule has 12 nitrogen and oxygen atoms in total. The second-order valence-corrected chi connectivity index (χ2v) is 10.5. The molecule has 42 heavy (non-hydrogen) atoms. The van der Waals surface area contributed by atoms with Crippen molar-refractivity contribution in [2.24, 2.45) is 0 Å². The molecular weight excluding hydrogens is 552 g/mol. The minimum absolute atomic E-state index is 0.0166. The Morgan fingerprint density at radius 2 is 1.33 bits per heavy atom. The van der Waals surface area contributed by atoms with Crippen molar-refractivity contribution in [1.82, 2.24) is 0 Å². The number of fused-ring (bicyclic) bond motifs is 8. The summed E-state index contributed by atoms with van der Waals surface area (Å²) in [6.07, 6.45) is -3.92. The van der Waals surface area contributed by atoms with Crippen molar-refractivity contribution < 1.29 is 60.2 Å². The van der Waals surface area contributed by atoms with Crippen LogP contribution in [0.15, 0.2) is 54.6 Å². The number of rotatable bonds is 2. The number of ether oxygens (including phenoxy) is 3. The highest BCUT2D eigenvalue weighted by molar-refractivity contribution is 5.68.